The van der Waals surface area contributed by atoms with Crippen molar-refractivity contribution in [1.29, 1.82) is 0 Å². The number of benzene rings is 1. The molecule has 1 fully saturated rings. The zero-order valence-corrected chi connectivity index (χ0v) is 11.5. The van der Waals surface area contributed by atoms with Gasteiger partial charge in [0.15, 0.2) is 0 Å². The summed E-state index contributed by atoms with van der Waals surface area (Å²) >= 11 is 0. The Morgan fingerprint density at radius 1 is 1.20 bits per heavy atom. The summed E-state index contributed by atoms with van der Waals surface area (Å²) in [6.45, 7) is 0. The molecule has 1 saturated carbocycles. The van der Waals surface area contributed by atoms with E-state index in [1.165, 1.54) is 11.0 Å². The van der Waals surface area contributed by atoms with Gasteiger partial charge in [0.2, 0.25) is 0 Å². The van der Waals surface area contributed by atoms with Crippen molar-refractivity contribution in [2.45, 2.75) is 38.1 Å². The van der Waals surface area contributed by atoms with Crippen LogP contribution in [0.4, 0.5) is 0 Å². The fraction of sp³-hybridized carbons (Fsp3) is 0.467. The third kappa shape index (κ3) is 2.13. The number of hydrogen-bond donors (Lipinski definition) is 1. The summed E-state index contributed by atoms with van der Waals surface area (Å²) in [6, 6.07) is 5.18. The maximum atomic E-state index is 12.6. The molecule has 1 aliphatic rings. The Morgan fingerprint density at radius 2 is 1.95 bits per heavy atom. The quantitative estimate of drug-likeness (QED) is 0.913. The van der Waals surface area contributed by atoms with Gasteiger partial charge in [-0.1, -0.05) is 19.3 Å². The molecule has 0 amide bonds. The van der Waals surface area contributed by atoms with Gasteiger partial charge in [-0.25, -0.2) is 4.79 Å². The smallest absolute Gasteiger partial charge is 0.329 e. The highest BCUT2D eigenvalue weighted by atomic mass is 16.5. The Bertz CT molecular complexity index is 739. The van der Waals surface area contributed by atoms with E-state index in [1.54, 1.807) is 25.3 Å². The lowest BCUT2D eigenvalue weighted by Gasteiger charge is -2.23. The van der Waals surface area contributed by atoms with E-state index in [9.17, 15) is 9.59 Å². The van der Waals surface area contributed by atoms with Crippen molar-refractivity contribution in [3.05, 3.63) is 39.0 Å². The average Bonchev–Trinajstić information content (AvgIpc) is 2.47. The van der Waals surface area contributed by atoms with Crippen LogP contribution in [0.15, 0.2) is 27.8 Å². The number of hydrogen-bond acceptors (Lipinski definition) is 3. The molecular formula is C15H18N2O3. The summed E-state index contributed by atoms with van der Waals surface area (Å²) in [5, 5.41) is 0.538. The Balaban J connectivity index is 2.19. The Hall–Kier alpha value is -2.04. The fourth-order valence-electron chi connectivity index (χ4n) is 3.01. The van der Waals surface area contributed by atoms with E-state index in [1.807, 2.05) is 0 Å². The molecule has 0 radical (unpaired) electrons. The molecule has 1 aromatic heterocycles. The number of methoxy groups -OCH3 is 1. The molecule has 0 atom stereocenters. The summed E-state index contributed by atoms with van der Waals surface area (Å²) in [4.78, 5) is 27.6. The maximum Gasteiger partial charge on any atom is 0.329 e. The SMILES string of the molecule is COc1ccc2c(=O)n(C3CCCCC3)c(=O)[nH]c2c1. The summed E-state index contributed by atoms with van der Waals surface area (Å²) in [7, 11) is 1.56. The van der Waals surface area contributed by atoms with Gasteiger partial charge in [-0.3, -0.25) is 9.36 Å². The highest BCUT2D eigenvalue weighted by Gasteiger charge is 2.20. The van der Waals surface area contributed by atoms with Crippen molar-refractivity contribution in [2.24, 2.45) is 0 Å². The number of fused-ring (bicyclic) bond motifs is 1. The van der Waals surface area contributed by atoms with Crippen LogP contribution in [-0.4, -0.2) is 16.7 Å². The highest BCUT2D eigenvalue weighted by Crippen LogP contribution is 2.26. The molecule has 1 aliphatic carbocycles. The van der Waals surface area contributed by atoms with E-state index in [0.717, 1.165) is 25.7 Å². The van der Waals surface area contributed by atoms with Gasteiger partial charge in [0, 0.05) is 12.1 Å². The molecule has 20 heavy (non-hydrogen) atoms. The van der Waals surface area contributed by atoms with Crippen molar-refractivity contribution >= 4 is 10.9 Å². The molecule has 0 unspecified atom stereocenters. The van der Waals surface area contributed by atoms with E-state index < -0.39 is 0 Å². The number of aromatic amines is 1. The zero-order chi connectivity index (χ0) is 14.1. The lowest BCUT2D eigenvalue weighted by Crippen LogP contribution is -2.38. The minimum atomic E-state index is -0.317. The van der Waals surface area contributed by atoms with Gasteiger partial charge in [-0.05, 0) is 25.0 Å². The standard InChI is InChI=1S/C15H18N2O3/c1-20-11-7-8-12-13(9-11)16-15(19)17(14(12)18)10-5-3-2-4-6-10/h7-10H,2-6H2,1H3,(H,16,19). The monoisotopic (exact) mass is 274 g/mol. The van der Waals surface area contributed by atoms with Gasteiger partial charge in [-0.2, -0.15) is 0 Å². The Morgan fingerprint density at radius 3 is 2.65 bits per heavy atom. The Labute approximate surface area is 116 Å². The van der Waals surface area contributed by atoms with Gasteiger partial charge < -0.3 is 9.72 Å². The van der Waals surface area contributed by atoms with Gasteiger partial charge in [0.25, 0.3) is 5.56 Å². The number of ether oxygens (including phenoxy) is 1. The second kappa shape index (κ2) is 5.15. The molecule has 3 rings (SSSR count). The van der Waals surface area contributed by atoms with E-state index >= 15 is 0 Å². The molecule has 0 aliphatic heterocycles. The molecule has 1 heterocycles. The predicted molar refractivity (Wildman–Crippen MR) is 77.5 cm³/mol. The van der Waals surface area contributed by atoms with Crippen LogP contribution < -0.4 is 16.0 Å². The molecule has 106 valence electrons. The van der Waals surface area contributed by atoms with Gasteiger partial charge in [0.05, 0.1) is 18.0 Å². The van der Waals surface area contributed by atoms with Crippen molar-refractivity contribution in [3.63, 3.8) is 0 Å². The number of nitrogens with one attached hydrogen (secondary N) is 1. The lowest BCUT2D eigenvalue weighted by atomic mass is 9.95. The minimum absolute atomic E-state index is 0.0338. The molecule has 1 N–H and O–H groups in total. The third-order valence-corrected chi connectivity index (χ3v) is 4.08. The molecule has 1 aromatic carbocycles. The van der Waals surface area contributed by atoms with Crippen LogP contribution in [0, 0.1) is 0 Å². The highest BCUT2D eigenvalue weighted by molar-refractivity contribution is 5.78. The minimum Gasteiger partial charge on any atom is -0.497 e. The second-order valence-electron chi connectivity index (χ2n) is 5.31. The van der Waals surface area contributed by atoms with Crippen molar-refractivity contribution in [2.75, 3.05) is 7.11 Å². The average molecular weight is 274 g/mol. The maximum absolute atomic E-state index is 12.6. The van der Waals surface area contributed by atoms with Crippen LogP contribution in [0.25, 0.3) is 10.9 Å². The first-order chi connectivity index (χ1) is 9.70. The Kier molecular flexibility index (Phi) is 3.34. The van der Waals surface area contributed by atoms with Crippen LogP contribution in [0.1, 0.15) is 38.1 Å². The van der Waals surface area contributed by atoms with Crippen LogP contribution in [0.3, 0.4) is 0 Å². The van der Waals surface area contributed by atoms with Crippen molar-refractivity contribution < 1.29 is 4.74 Å². The number of H-pyrrole nitrogens is 1. The van der Waals surface area contributed by atoms with E-state index in [0.29, 0.717) is 16.7 Å². The fourth-order valence-corrected chi connectivity index (χ4v) is 3.01. The van der Waals surface area contributed by atoms with E-state index in [4.69, 9.17) is 4.74 Å². The summed E-state index contributed by atoms with van der Waals surface area (Å²) in [5.41, 5.74) is 0.0207. The molecule has 2 aromatic rings. The first kappa shape index (κ1) is 13.0. The zero-order valence-electron chi connectivity index (χ0n) is 11.5. The molecule has 5 heteroatoms. The first-order valence-electron chi connectivity index (χ1n) is 7.03. The van der Waals surface area contributed by atoms with E-state index in [2.05, 4.69) is 4.98 Å². The number of nitrogens with zero attached hydrogens (tertiary/aromatic N) is 1. The van der Waals surface area contributed by atoms with Crippen molar-refractivity contribution in [1.82, 2.24) is 9.55 Å². The van der Waals surface area contributed by atoms with Crippen molar-refractivity contribution in [3.8, 4) is 5.75 Å². The molecule has 0 spiro atoms. The largest absolute Gasteiger partial charge is 0.497 e. The van der Waals surface area contributed by atoms with E-state index in [-0.39, 0.29) is 17.3 Å². The van der Waals surface area contributed by atoms with Crippen LogP contribution >= 0.6 is 0 Å². The second-order valence-corrected chi connectivity index (χ2v) is 5.31. The lowest BCUT2D eigenvalue weighted by molar-refractivity contribution is 0.338. The van der Waals surface area contributed by atoms with Crippen LogP contribution in [-0.2, 0) is 0 Å². The van der Waals surface area contributed by atoms with Crippen LogP contribution in [0.2, 0.25) is 0 Å². The normalized spacial score (nSPS) is 16.4. The summed E-state index contributed by atoms with van der Waals surface area (Å²) in [5.74, 6) is 0.628. The first-order valence-corrected chi connectivity index (χ1v) is 7.03. The number of aromatic nitrogens is 2. The molecule has 5 nitrogen and oxygen atoms in total. The summed E-state index contributed by atoms with van der Waals surface area (Å²) in [6.07, 6.45) is 5.16. The number of rotatable bonds is 2. The topological polar surface area (TPSA) is 64.1 Å². The van der Waals surface area contributed by atoms with Gasteiger partial charge >= 0.3 is 5.69 Å². The molecular weight excluding hydrogens is 256 g/mol. The van der Waals surface area contributed by atoms with Gasteiger partial charge in [0.1, 0.15) is 5.75 Å². The summed E-state index contributed by atoms with van der Waals surface area (Å²) < 4.78 is 6.51. The van der Waals surface area contributed by atoms with Gasteiger partial charge in [-0.15, -0.1) is 0 Å². The third-order valence-electron chi connectivity index (χ3n) is 4.08. The van der Waals surface area contributed by atoms with Crippen LogP contribution in [0.5, 0.6) is 5.75 Å². The molecule has 0 bridgehead atoms. The molecule has 0 saturated heterocycles. The predicted octanol–water partition coefficient (Wildman–Crippen LogP) is 2.20.